The number of hydrogen-bond donors (Lipinski definition) is 1. The molecular weight excluding hydrogens is 292 g/mol. The van der Waals surface area contributed by atoms with Gasteiger partial charge >= 0.3 is 0 Å². The number of nitrogens with zero attached hydrogens (tertiary/aromatic N) is 3. The van der Waals surface area contributed by atoms with Crippen molar-refractivity contribution in [3.8, 4) is 0 Å². The number of rotatable bonds is 14. The van der Waals surface area contributed by atoms with E-state index in [1.54, 1.807) is 6.21 Å². The second-order valence-electron chi connectivity index (χ2n) is 5.51. The van der Waals surface area contributed by atoms with Crippen molar-refractivity contribution in [1.29, 1.82) is 0 Å². The molecule has 1 amide bonds. The molecule has 0 aromatic rings. The number of carbonyl (C=O) groups excluding carboxylic acids is 1. The SMILES string of the molecule is CCN(C)CCCNC(=O)/C=C/N=CCOCCCN(C)CC. The molecule has 1 N–H and O–H groups in total. The predicted octanol–water partition coefficient (Wildman–Crippen LogP) is 1.39. The molecule has 0 atom stereocenters. The van der Waals surface area contributed by atoms with E-state index in [2.05, 4.69) is 48.1 Å². The summed E-state index contributed by atoms with van der Waals surface area (Å²) in [5.74, 6) is -0.107. The molecule has 0 aliphatic heterocycles. The quantitative estimate of drug-likeness (QED) is 0.298. The van der Waals surface area contributed by atoms with Crippen LogP contribution in [0.2, 0.25) is 0 Å². The summed E-state index contributed by atoms with van der Waals surface area (Å²) in [6.07, 6.45) is 6.58. The third-order valence-corrected chi connectivity index (χ3v) is 3.53. The van der Waals surface area contributed by atoms with Crippen molar-refractivity contribution in [3.05, 3.63) is 12.3 Å². The van der Waals surface area contributed by atoms with E-state index >= 15 is 0 Å². The first-order valence-electron chi connectivity index (χ1n) is 8.51. The highest BCUT2D eigenvalue weighted by Gasteiger charge is 1.96. The van der Waals surface area contributed by atoms with Crippen molar-refractivity contribution in [2.75, 3.05) is 60.0 Å². The summed E-state index contributed by atoms with van der Waals surface area (Å²) in [6.45, 7) is 10.3. The molecule has 0 aromatic carbocycles. The lowest BCUT2D eigenvalue weighted by Gasteiger charge is -2.12. The Morgan fingerprint density at radius 3 is 2.43 bits per heavy atom. The van der Waals surface area contributed by atoms with E-state index in [4.69, 9.17) is 4.74 Å². The van der Waals surface area contributed by atoms with Gasteiger partial charge in [0.15, 0.2) is 0 Å². The Bertz CT molecular complexity index is 345. The van der Waals surface area contributed by atoms with Crippen molar-refractivity contribution >= 4 is 12.1 Å². The Labute approximate surface area is 141 Å². The lowest BCUT2D eigenvalue weighted by molar-refractivity contribution is -0.116. The van der Waals surface area contributed by atoms with Crippen LogP contribution in [0.25, 0.3) is 0 Å². The summed E-state index contributed by atoms with van der Waals surface area (Å²) in [7, 11) is 4.17. The summed E-state index contributed by atoms with van der Waals surface area (Å²) in [6, 6.07) is 0. The fraction of sp³-hybridized carbons (Fsp3) is 0.765. The molecule has 6 heteroatoms. The first-order valence-corrected chi connectivity index (χ1v) is 8.51. The van der Waals surface area contributed by atoms with Crippen molar-refractivity contribution in [2.24, 2.45) is 4.99 Å². The standard InChI is InChI=1S/C17H34N4O2/c1-5-20(3)13-7-10-19-17(22)9-11-18-12-16-23-15-8-14-21(4)6-2/h9,11-12H,5-8,10,13-16H2,1-4H3,(H,19,22)/b11-9+,18-12?. The minimum atomic E-state index is -0.107. The van der Waals surface area contributed by atoms with Gasteiger partial charge in [0, 0.05) is 38.2 Å². The van der Waals surface area contributed by atoms with E-state index in [1.807, 2.05) is 0 Å². The van der Waals surface area contributed by atoms with Crippen LogP contribution in [0.5, 0.6) is 0 Å². The number of nitrogens with one attached hydrogen (secondary N) is 1. The molecule has 134 valence electrons. The van der Waals surface area contributed by atoms with Gasteiger partial charge in [-0.15, -0.1) is 0 Å². The highest BCUT2D eigenvalue weighted by atomic mass is 16.5. The van der Waals surface area contributed by atoms with Crippen LogP contribution in [-0.2, 0) is 9.53 Å². The number of carbonyl (C=O) groups is 1. The Hall–Kier alpha value is -1.24. The highest BCUT2D eigenvalue weighted by molar-refractivity contribution is 5.87. The van der Waals surface area contributed by atoms with Gasteiger partial charge < -0.3 is 19.9 Å². The van der Waals surface area contributed by atoms with Gasteiger partial charge in [0.2, 0.25) is 5.91 Å². The minimum absolute atomic E-state index is 0.107. The van der Waals surface area contributed by atoms with E-state index in [9.17, 15) is 4.79 Å². The number of ether oxygens (including phenoxy) is 1. The molecule has 0 aliphatic rings. The maximum absolute atomic E-state index is 11.5. The van der Waals surface area contributed by atoms with Crippen LogP contribution >= 0.6 is 0 Å². The summed E-state index contributed by atoms with van der Waals surface area (Å²) in [5.41, 5.74) is 0. The van der Waals surface area contributed by atoms with Crippen LogP contribution in [0.15, 0.2) is 17.3 Å². The molecule has 23 heavy (non-hydrogen) atoms. The molecular formula is C17H34N4O2. The maximum atomic E-state index is 11.5. The summed E-state index contributed by atoms with van der Waals surface area (Å²) < 4.78 is 5.43. The topological polar surface area (TPSA) is 57.2 Å². The Morgan fingerprint density at radius 2 is 1.78 bits per heavy atom. The Balaban J connectivity index is 3.51. The lowest BCUT2D eigenvalue weighted by atomic mass is 10.4. The summed E-state index contributed by atoms with van der Waals surface area (Å²) in [4.78, 5) is 20.0. The van der Waals surface area contributed by atoms with Crippen molar-refractivity contribution in [3.63, 3.8) is 0 Å². The first-order chi connectivity index (χ1) is 11.1. The third-order valence-electron chi connectivity index (χ3n) is 3.53. The molecule has 0 aromatic heterocycles. The number of hydrogen-bond acceptors (Lipinski definition) is 5. The molecule has 0 radical (unpaired) electrons. The molecule has 0 saturated heterocycles. The molecule has 0 rings (SSSR count). The smallest absolute Gasteiger partial charge is 0.245 e. The van der Waals surface area contributed by atoms with Gasteiger partial charge in [0.05, 0.1) is 6.61 Å². The zero-order valence-corrected chi connectivity index (χ0v) is 15.3. The number of amides is 1. The normalized spacial score (nSPS) is 12.1. The molecule has 0 aliphatic carbocycles. The van der Waals surface area contributed by atoms with Crippen LogP contribution in [0, 0.1) is 0 Å². The van der Waals surface area contributed by atoms with E-state index in [1.165, 1.54) is 12.3 Å². The van der Waals surface area contributed by atoms with E-state index in [0.717, 1.165) is 45.6 Å². The monoisotopic (exact) mass is 326 g/mol. The molecule has 0 saturated carbocycles. The largest absolute Gasteiger partial charge is 0.376 e. The summed E-state index contributed by atoms with van der Waals surface area (Å²) in [5, 5.41) is 2.83. The van der Waals surface area contributed by atoms with Gasteiger partial charge in [-0.25, -0.2) is 0 Å². The van der Waals surface area contributed by atoms with Crippen LogP contribution in [0.1, 0.15) is 26.7 Å². The first kappa shape index (κ1) is 21.8. The van der Waals surface area contributed by atoms with Gasteiger partial charge in [-0.05, 0) is 46.6 Å². The molecule has 0 unspecified atom stereocenters. The van der Waals surface area contributed by atoms with Crippen molar-refractivity contribution < 1.29 is 9.53 Å². The van der Waals surface area contributed by atoms with E-state index in [0.29, 0.717) is 13.2 Å². The average molecular weight is 326 g/mol. The third kappa shape index (κ3) is 15.4. The Morgan fingerprint density at radius 1 is 1.13 bits per heavy atom. The van der Waals surface area contributed by atoms with Crippen LogP contribution in [-0.4, -0.2) is 82.0 Å². The number of aliphatic imine (C=N–C) groups is 1. The molecule has 0 fully saturated rings. The lowest BCUT2D eigenvalue weighted by Crippen LogP contribution is -2.26. The maximum Gasteiger partial charge on any atom is 0.245 e. The van der Waals surface area contributed by atoms with Crippen LogP contribution in [0.3, 0.4) is 0 Å². The van der Waals surface area contributed by atoms with Gasteiger partial charge in [0.25, 0.3) is 0 Å². The molecule has 6 nitrogen and oxygen atoms in total. The van der Waals surface area contributed by atoms with Gasteiger partial charge in [-0.1, -0.05) is 13.8 Å². The molecule has 0 bridgehead atoms. The zero-order chi connectivity index (χ0) is 17.3. The molecule has 0 heterocycles. The fourth-order valence-electron chi connectivity index (χ4n) is 1.72. The van der Waals surface area contributed by atoms with Crippen LogP contribution in [0.4, 0.5) is 0 Å². The van der Waals surface area contributed by atoms with Gasteiger partial charge in [-0.3, -0.25) is 9.79 Å². The van der Waals surface area contributed by atoms with E-state index in [-0.39, 0.29) is 5.91 Å². The van der Waals surface area contributed by atoms with Crippen molar-refractivity contribution in [2.45, 2.75) is 26.7 Å². The van der Waals surface area contributed by atoms with Gasteiger partial charge in [-0.2, -0.15) is 0 Å². The van der Waals surface area contributed by atoms with Crippen LogP contribution < -0.4 is 5.32 Å². The second kappa shape index (κ2) is 15.6. The predicted molar refractivity (Wildman–Crippen MR) is 97.0 cm³/mol. The minimum Gasteiger partial charge on any atom is -0.376 e. The van der Waals surface area contributed by atoms with E-state index < -0.39 is 0 Å². The van der Waals surface area contributed by atoms with Gasteiger partial charge in [0.1, 0.15) is 0 Å². The van der Waals surface area contributed by atoms with Crippen molar-refractivity contribution in [1.82, 2.24) is 15.1 Å². The second-order valence-corrected chi connectivity index (χ2v) is 5.51. The zero-order valence-electron chi connectivity index (χ0n) is 15.3. The Kier molecular flexibility index (Phi) is 14.8. The highest BCUT2D eigenvalue weighted by Crippen LogP contribution is 1.88. The summed E-state index contributed by atoms with van der Waals surface area (Å²) >= 11 is 0. The fourth-order valence-corrected chi connectivity index (χ4v) is 1.72. The molecule has 0 spiro atoms. The average Bonchev–Trinajstić information content (AvgIpc) is 2.56.